The van der Waals surface area contributed by atoms with E-state index >= 15 is 0 Å². The van der Waals surface area contributed by atoms with Crippen molar-refractivity contribution in [2.45, 2.75) is 0 Å². The van der Waals surface area contributed by atoms with Gasteiger partial charge in [0, 0.05) is 57.8 Å². The summed E-state index contributed by atoms with van der Waals surface area (Å²) in [5.41, 5.74) is 4.06. The molecule has 5 rings (SSSR count). The Hall–Kier alpha value is -4.46. The van der Waals surface area contributed by atoms with Crippen molar-refractivity contribution in [3.63, 3.8) is 0 Å². The minimum Gasteiger partial charge on any atom is -0.496 e. The van der Waals surface area contributed by atoms with Gasteiger partial charge in [-0.25, -0.2) is 14.8 Å². The average Bonchev–Trinajstić information content (AvgIpc) is 3.26. The number of pyridine rings is 1. The molecular formula is C23H17N5O3. The molecule has 0 atom stereocenters. The van der Waals surface area contributed by atoms with Crippen LogP contribution >= 0.6 is 0 Å². The van der Waals surface area contributed by atoms with E-state index in [-0.39, 0.29) is 5.56 Å². The van der Waals surface area contributed by atoms with Gasteiger partial charge in [0.1, 0.15) is 17.9 Å². The van der Waals surface area contributed by atoms with Crippen LogP contribution < -0.4 is 10.1 Å². The highest BCUT2D eigenvalue weighted by molar-refractivity contribution is 5.97. The second-order valence-electron chi connectivity index (χ2n) is 6.96. The fraction of sp³-hybridized carbons (Fsp3) is 0.0435. The van der Waals surface area contributed by atoms with Crippen molar-refractivity contribution in [2.24, 2.45) is 0 Å². The number of rotatable bonds is 5. The van der Waals surface area contributed by atoms with Gasteiger partial charge in [-0.15, -0.1) is 0 Å². The van der Waals surface area contributed by atoms with Crippen LogP contribution in [0.4, 0.5) is 11.5 Å². The summed E-state index contributed by atoms with van der Waals surface area (Å²) < 4.78 is 5.55. The van der Waals surface area contributed by atoms with E-state index in [0.717, 1.165) is 22.0 Å². The molecule has 152 valence electrons. The third-order valence-corrected chi connectivity index (χ3v) is 5.07. The molecule has 0 amide bonds. The number of aromatic amines is 1. The van der Waals surface area contributed by atoms with E-state index in [9.17, 15) is 9.90 Å². The lowest BCUT2D eigenvalue weighted by Crippen LogP contribution is -1.99. The van der Waals surface area contributed by atoms with E-state index in [1.165, 1.54) is 12.5 Å². The van der Waals surface area contributed by atoms with E-state index in [1.807, 2.05) is 36.5 Å². The number of hydrogen-bond acceptors (Lipinski definition) is 6. The normalized spacial score (nSPS) is 11.0. The molecule has 0 unspecified atom stereocenters. The van der Waals surface area contributed by atoms with E-state index in [0.29, 0.717) is 28.2 Å². The van der Waals surface area contributed by atoms with Crippen LogP contribution in [0.1, 0.15) is 10.4 Å². The maximum atomic E-state index is 11.4. The van der Waals surface area contributed by atoms with E-state index in [2.05, 4.69) is 25.3 Å². The molecule has 0 fully saturated rings. The van der Waals surface area contributed by atoms with Crippen LogP contribution in [0.3, 0.4) is 0 Å². The van der Waals surface area contributed by atoms with Gasteiger partial charge in [-0.1, -0.05) is 0 Å². The van der Waals surface area contributed by atoms with Crippen molar-refractivity contribution in [3.8, 4) is 16.9 Å². The van der Waals surface area contributed by atoms with Gasteiger partial charge in [-0.05, 0) is 36.4 Å². The molecule has 8 nitrogen and oxygen atoms in total. The fourth-order valence-corrected chi connectivity index (χ4v) is 3.55. The maximum Gasteiger partial charge on any atom is 0.337 e. The van der Waals surface area contributed by atoms with Crippen LogP contribution in [0.25, 0.3) is 32.9 Å². The van der Waals surface area contributed by atoms with E-state index < -0.39 is 5.97 Å². The molecule has 0 aliphatic rings. The summed E-state index contributed by atoms with van der Waals surface area (Å²) in [7, 11) is 1.56. The number of methoxy groups -OCH3 is 1. The van der Waals surface area contributed by atoms with Gasteiger partial charge in [0.2, 0.25) is 0 Å². The standard InChI is InChI=1S/C23H17N5O3/c1-31-21-9-20-18(8-17(21)14-6-15(23(29)30)11-24-10-14)22(27-12-26-20)28-16-2-3-19-13(7-16)4-5-25-19/h2-12,25H,1H3,(H,29,30)(H,26,27,28). The van der Waals surface area contributed by atoms with Crippen LogP contribution in [-0.2, 0) is 0 Å². The monoisotopic (exact) mass is 411 g/mol. The molecule has 0 spiro atoms. The number of benzene rings is 2. The Labute approximate surface area is 176 Å². The summed E-state index contributed by atoms with van der Waals surface area (Å²) in [4.78, 5) is 27.4. The van der Waals surface area contributed by atoms with Gasteiger partial charge in [0.05, 0.1) is 18.2 Å². The highest BCUT2D eigenvalue weighted by Crippen LogP contribution is 2.36. The fourth-order valence-electron chi connectivity index (χ4n) is 3.55. The summed E-state index contributed by atoms with van der Waals surface area (Å²) in [5, 5.41) is 14.5. The van der Waals surface area contributed by atoms with Crippen LogP contribution in [0, 0.1) is 0 Å². The summed E-state index contributed by atoms with van der Waals surface area (Å²) in [6.45, 7) is 0. The summed E-state index contributed by atoms with van der Waals surface area (Å²) >= 11 is 0. The number of nitrogens with one attached hydrogen (secondary N) is 2. The Morgan fingerprint density at radius 2 is 2.00 bits per heavy atom. The Morgan fingerprint density at radius 1 is 1.10 bits per heavy atom. The zero-order valence-corrected chi connectivity index (χ0v) is 16.5. The van der Waals surface area contributed by atoms with Crippen molar-refractivity contribution in [2.75, 3.05) is 12.4 Å². The number of carbonyl (C=O) groups is 1. The molecule has 3 aromatic heterocycles. The van der Waals surface area contributed by atoms with Gasteiger partial charge >= 0.3 is 5.97 Å². The van der Waals surface area contributed by atoms with Gasteiger partial charge in [0.25, 0.3) is 0 Å². The second-order valence-corrected chi connectivity index (χ2v) is 6.96. The van der Waals surface area contributed by atoms with Gasteiger partial charge in [-0.3, -0.25) is 4.98 Å². The molecule has 0 aliphatic heterocycles. The van der Waals surface area contributed by atoms with Crippen LogP contribution in [0.5, 0.6) is 5.75 Å². The summed E-state index contributed by atoms with van der Waals surface area (Å²) in [6, 6.07) is 13.3. The van der Waals surface area contributed by atoms with Crippen molar-refractivity contribution in [1.82, 2.24) is 19.9 Å². The highest BCUT2D eigenvalue weighted by atomic mass is 16.5. The van der Waals surface area contributed by atoms with Crippen LogP contribution in [0.2, 0.25) is 0 Å². The first-order chi connectivity index (χ1) is 15.1. The largest absolute Gasteiger partial charge is 0.496 e. The van der Waals surface area contributed by atoms with Gasteiger partial charge in [-0.2, -0.15) is 0 Å². The zero-order chi connectivity index (χ0) is 21.4. The second kappa shape index (κ2) is 7.42. The lowest BCUT2D eigenvalue weighted by atomic mass is 10.0. The molecule has 2 aromatic carbocycles. The first-order valence-electron chi connectivity index (χ1n) is 9.48. The highest BCUT2D eigenvalue weighted by Gasteiger charge is 2.14. The first kappa shape index (κ1) is 18.6. The number of hydrogen-bond donors (Lipinski definition) is 3. The van der Waals surface area contributed by atoms with Crippen LogP contribution in [0.15, 0.2) is 67.4 Å². The van der Waals surface area contributed by atoms with Crippen LogP contribution in [-0.4, -0.2) is 38.1 Å². The Kier molecular flexibility index (Phi) is 4.44. The lowest BCUT2D eigenvalue weighted by Gasteiger charge is -2.13. The molecule has 31 heavy (non-hydrogen) atoms. The molecule has 3 heterocycles. The minimum absolute atomic E-state index is 0.0992. The van der Waals surface area contributed by atoms with E-state index in [4.69, 9.17) is 4.74 Å². The van der Waals surface area contributed by atoms with Gasteiger partial charge < -0.3 is 20.1 Å². The van der Waals surface area contributed by atoms with E-state index in [1.54, 1.807) is 25.4 Å². The van der Waals surface area contributed by atoms with Crippen molar-refractivity contribution < 1.29 is 14.6 Å². The minimum atomic E-state index is -1.04. The number of anilines is 2. The molecule has 0 bridgehead atoms. The quantitative estimate of drug-likeness (QED) is 0.387. The third-order valence-electron chi connectivity index (χ3n) is 5.07. The number of carboxylic acid groups (broad SMARTS) is 1. The van der Waals surface area contributed by atoms with Gasteiger partial charge in [0.15, 0.2) is 0 Å². The number of aromatic carboxylic acids is 1. The third kappa shape index (κ3) is 3.40. The zero-order valence-electron chi connectivity index (χ0n) is 16.5. The summed E-state index contributed by atoms with van der Waals surface area (Å²) in [6.07, 6.45) is 6.30. The number of ether oxygens (including phenoxy) is 1. The molecule has 0 aliphatic carbocycles. The molecule has 0 saturated heterocycles. The maximum absolute atomic E-state index is 11.4. The molecule has 3 N–H and O–H groups in total. The number of fused-ring (bicyclic) bond motifs is 2. The Balaban J connectivity index is 1.64. The molecule has 5 aromatic rings. The number of H-pyrrole nitrogens is 1. The first-order valence-corrected chi connectivity index (χ1v) is 9.48. The average molecular weight is 411 g/mol. The number of carboxylic acids is 1. The predicted molar refractivity (Wildman–Crippen MR) is 118 cm³/mol. The van der Waals surface area contributed by atoms with Crippen molar-refractivity contribution in [3.05, 3.63) is 72.9 Å². The smallest absolute Gasteiger partial charge is 0.337 e. The lowest BCUT2D eigenvalue weighted by molar-refractivity contribution is 0.0696. The topological polar surface area (TPSA) is 113 Å². The SMILES string of the molecule is COc1cc2ncnc(Nc3ccc4[nH]ccc4c3)c2cc1-c1cncc(C(=O)O)c1. The molecule has 0 saturated carbocycles. The number of aromatic nitrogens is 4. The molecule has 8 heteroatoms. The predicted octanol–water partition coefficient (Wildman–Crippen LogP) is 4.62. The Bertz CT molecular complexity index is 1440. The summed E-state index contributed by atoms with van der Waals surface area (Å²) in [5.74, 6) is 0.154. The molecule has 0 radical (unpaired) electrons. The number of nitrogens with zero attached hydrogens (tertiary/aromatic N) is 3. The van der Waals surface area contributed by atoms with Crippen molar-refractivity contribution in [1.29, 1.82) is 0 Å². The molecular weight excluding hydrogens is 394 g/mol. The van der Waals surface area contributed by atoms with Crippen molar-refractivity contribution >= 4 is 39.3 Å². The Morgan fingerprint density at radius 3 is 2.84 bits per heavy atom.